The summed E-state index contributed by atoms with van der Waals surface area (Å²) < 4.78 is 10.1. The maximum Gasteiger partial charge on any atom is 0.308 e. The van der Waals surface area contributed by atoms with E-state index in [4.69, 9.17) is 9.47 Å². The fourth-order valence-electron chi connectivity index (χ4n) is 1.99. The van der Waals surface area contributed by atoms with Gasteiger partial charge in [0.15, 0.2) is 11.5 Å². The second-order valence-electron chi connectivity index (χ2n) is 5.01. The molecule has 0 bridgehead atoms. The van der Waals surface area contributed by atoms with Gasteiger partial charge in [0.05, 0.1) is 18.2 Å². The van der Waals surface area contributed by atoms with Crippen molar-refractivity contribution in [3.8, 4) is 11.5 Å². The number of hydrazone groups is 1. The number of ether oxygens (including phenoxy) is 2. The van der Waals surface area contributed by atoms with Crippen LogP contribution in [0.4, 0.5) is 5.69 Å². The lowest BCUT2D eigenvalue weighted by atomic mass is 10.2. The predicted octanol–water partition coefficient (Wildman–Crippen LogP) is 2.29. The zero-order chi connectivity index (χ0) is 19.1. The first-order chi connectivity index (χ1) is 12.4. The Bertz CT molecular complexity index is 879. The molecule has 2 aromatic carbocycles. The number of amides is 1. The van der Waals surface area contributed by atoms with Gasteiger partial charge in [0, 0.05) is 24.6 Å². The average molecular weight is 357 g/mol. The average Bonchev–Trinajstić information content (AvgIpc) is 2.62. The van der Waals surface area contributed by atoms with Crippen molar-refractivity contribution in [1.29, 1.82) is 0 Å². The lowest BCUT2D eigenvalue weighted by Gasteiger charge is -2.08. The minimum absolute atomic E-state index is 0.110. The Kier molecular flexibility index (Phi) is 5.99. The smallest absolute Gasteiger partial charge is 0.308 e. The lowest BCUT2D eigenvalue weighted by molar-refractivity contribution is -0.384. The Morgan fingerprint density at radius 2 is 1.96 bits per heavy atom. The number of hydrogen-bond acceptors (Lipinski definition) is 7. The Morgan fingerprint density at radius 1 is 1.19 bits per heavy atom. The highest BCUT2D eigenvalue weighted by atomic mass is 16.6. The monoisotopic (exact) mass is 357 g/mol. The first-order valence-corrected chi connectivity index (χ1v) is 7.35. The van der Waals surface area contributed by atoms with Crippen molar-refractivity contribution in [2.45, 2.75) is 6.92 Å². The van der Waals surface area contributed by atoms with Gasteiger partial charge < -0.3 is 9.47 Å². The molecule has 0 heterocycles. The molecule has 0 unspecified atom stereocenters. The van der Waals surface area contributed by atoms with Crippen LogP contribution in [-0.4, -0.2) is 30.1 Å². The first kappa shape index (κ1) is 18.6. The van der Waals surface area contributed by atoms with Crippen molar-refractivity contribution < 1.29 is 24.0 Å². The summed E-state index contributed by atoms with van der Waals surface area (Å²) in [6.45, 7) is 1.28. The summed E-state index contributed by atoms with van der Waals surface area (Å²) in [7, 11) is 1.42. The molecule has 0 radical (unpaired) electrons. The molecule has 9 nitrogen and oxygen atoms in total. The summed E-state index contributed by atoms with van der Waals surface area (Å²) in [6, 6.07) is 10.0. The van der Waals surface area contributed by atoms with Gasteiger partial charge in [-0.3, -0.25) is 19.7 Å². The SMILES string of the molecule is COc1cc(C=NNC(=O)c2cccc([N+](=O)[O-])c2)ccc1OC(C)=O. The molecule has 134 valence electrons. The van der Waals surface area contributed by atoms with Crippen LogP contribution in [0.15, 0.2) is 47.6 Å². The largest absolute Gasteiger partial charge is 0.493 e. The summed E-state index contributed by atoms with van der Waals surface area (Å²) >= 11 is 0. The molecule has 26 heavy (non-hydrogen) atoms. The van der Waals surface area contributed by atoms with Gasteiger partial charge in [0.1, 0.15) is 0 Å². The van der Waals surface area contributed by atoms with Crippen LogP contribution in [0.2, 0.25) is 0 Å². The fourth-order valence-corrected chi connectivity index (χ4v) is 1.99. The number of esters is 1. The number of nitro benzene ring substituents is 1. The molecule has 0 saturated carbocycles. The highest BCUT2D eigenvalue weighted by Crippen LogP contribution is 2.27. The number of nitrogens with one attached hydrogen (secondary N) is 1. The van der Waals surface area contributed by atoms with E-state index in [1.54, 1.807) is 12.1 Å². The van der Waals surface area contributed by atoms with Crippen molar-refractivity contribution in [2.75, 3.05) is 7.11 Å². The molecule has 0 fully saturated rings. The molecule has 0 aliphatic carbocycles. The molecule has 1 amide bonds. The van der Waals surface area contributed by atoms with E-state index in [0.717, 1.165) is 6.07 Å². The van der Waals surface area contributed by atoms with E-state index < -0.39 is 16.8 Å². The van der Waals surface area contributed by atoms with Crippen molar-refractivity contribution >= 4 is 23.8 Å². The quantitative estimate of drug-likeness (QED) is 0.278. The molecule has 2 aromatic rings. The molecule has 0 spiro atoms. The Labute approximate surface area is 148 Å². The molecule has 2 rings (SSSR count). The number of rotatable bonds is 6. The minimum Gasteiger partial charge on any atom is -0.493 e. The topological polar surface area (TPSA) is 120 Å². The number of carbonyl (C=O) groups excluding carboxylic acids is 2. The van der Waals surface area contributed by atoms with E-state index in [0.29, 0.717) is 11.3 Å². The predicted molar refractivity (Wildman–Crippen MR) is 92.5 cm³/mol. The number of methoxy groups -OCH3 is 1. The number of nitro groups is 1. The molecule has 0 atom stereocenters. The van der Waals surface area contributed by atoms with Gasteiger partial charge in [-0.1, -0.05) is 6.07 Å². The van der Waals surface area contributed by atoms with Gasteiger partial charge in [-0.05, 0) is 29.8 Å². The summed E-state index contributed by atoms with van der Waals surface area (Å²) in [5.41, 5.74) is 2.78. The lowest BCUT2D eigenvalue weighted by Crippen LogP contribution is -2.17. The van der Waals surface area contributed by atoms with Crippen molar-refractivity contribution in [1.82, 2.24) is 5.43 Å². The van der Waals surface area contributed by atoms with Crippen molar-refractivity contribution in [3.05, 3.63) is 63.7 Å². The molecule has 1 N–H and O–H groups in total. The second-order valence-corrected chi connectivity index (χ2v) is 5.01. The van der Waals surface area contributed by atoms with E-state index in [2.05, 4.69) is 10.5 Å². The number of hydrogen-bond donors (Lipinski definition) is 1. The van der Waals surface area contributed by atoms with Crippen LogP contribution in [0.25, 0.3) is 0 Å². The Balaban J connectivity index is 2.08. The van der Waals surface area contributed by atoms with E-state index in [1.807, 2.05) is 0 Å². The number of benzene rings is 2. The molecule has 0 saturated heterocycles. The van der Waals surface area contributed by atoms with Gasteiger partial charge >= 0.3 is 5.97 Å². The van der Waals surface area contributed by atoms with Crippen LogP contribution in [0.1, 0.15) is 22.8 Å². The van der Waals surface area contributed by atoms with Crippen molar-refractivity contribution in [2.24, 2.45) is 5.10 Å². The highest BCUT2D eigenvalue weighted by molar-refractivity contribution is 5.95. The maximum absolute atomic E-state index is 12.0. The van der Waals surface area contributed by atoms with E-state index >= 15 is 0 Å². The van der Waals surface area contributed by atoms with Gasteiger partial charge in [-0.2, -0.15) is 5.10 Å². The summed E-state index contributed by atoms with van der Waals surface area (Å²) in [5, 5.41) is 14.5. The van der Waals surface area contributed by atoms with Crippen LogP contribution in [0.3, 0.4) is 0 Å². The van der Waals surface area contributed by atoms with Crippen LogP contribution in [0, 0.1) is 10.1 Å². The fraction of sp³-hybridized carbons (Fsp3) is 0.118. The molecule has 0 aliphatic rings. The summed E-state index contributed by atoms with van der Waals surface area (Å²) in [6.07, 6.45) is 1.36. The third kappa shape index (κ3) is 4.87. The van der Waals surface area contributed by atoms with Gasteiger partial charge in [-0.25, -0.2) is 5.43 Å². The maximum atomic E-state index is 12.0. The van der Waals surface area contributed by atoms with E-state index in [9.17, 15) is 19.7 Å². The van der Waals surface area contributed by atoms with Gasteiger partial charge in [0.25, 0.3) is 11.6 Å². The molecule has 0 aliphatic heterocycles. The van der Waals surface area contributed by atoms with Gasteiger partial charge in [-0.15, -0.1) is 0 Å². The Morgan fingerprint density at radius 3 is 2.62 bits per heavy atom. The van der Waals surface area contributed by atoms with Crippen LogP contribution < -0.4 is 14.9 Å². The second kappa shape index (κ2) is 8.38. The zero-order valence-electron chi connectivity index (χ0n) is 14.0. The van der Waals surface area contributed by atoms with Crippen molar-refractivity contribution in [3.63, 3.8) is 0 Å². The number of nitrogens with zero attached hydrogens (tertiary/aromatic N) is 2. The number of non-ortho nitro benzene ring substituents is 1. The third-order valence-electron chi connectivity index (χ3n) is 3.14. The third-order valence-corrected chi connectivity index (χ3v) is 3.14. The van der Waals surface area contributed by atoms with Gasteiger partial charge in [0.2, 0.25) is 0 Å². The summed E-state index contributed by atoms with van der Waals surface area (Å²) in [5.74, 6) is -0.477. The standard InChI is InChI=1S/C17H15N3O6/c1-11(21)26-15-7-6-12(8-16(15)25-2)10-18-19-17(22)13-4-3-5-14(9-13)20(23)24/h3-10H,1-2H3,(H,19,22). The molecule has 9 heteroatoms. The molecular formula is C17H15N3O6. The zero-order valence-corrected chi connectivity index (χ0v) is 14.0. The van der Waals surface area contributed by atoms with Crippen LogP contribution in [0.5, 0.6) is 11.5 Å². The highest BCUT2D eigenvalue weighted by Gasteiger charge is 2.11. The number of carbonyl (C=O) groups is 2. The van der Waals surface area contributed by atoms with E-state index in [1.165, 1.54) is 44.5 Å². The Hall–Kier alpha value is -3.75. The summed E-state index contributed by atoms with van der Waals surface area (Å²) in [4.78, 5) is 33.1. The minimum atomic E-state index is -0.589. The molecular weight excluding hydrogens is 342 g/mol. The van der Waals surface area contributed by atoms with E-state index in [-0.39, 0.29) is 17.0 Å². The first-order valence-electron chi connectivity index (χ1n) is 7.35. The molecule has 0 aromatic heterocycles. The van der Waals surface area contributed by atoms with Crippen LogP contribution >= 0.6 is 0 Å². The van der Waals surface area contributed by atoms with Crippen LogP contribution in [-0.2, 0) is 4.79 Å². The normalized spacial score (nSPS) is 10.4.